The number of rotatable bonds is 4. The molecular formula is C17H34N2O2. The highest BCUT2D eigenvalue weighted by molar-refractivity contribution is 4.91. The zero-order chi connectivity index (χ0) is 15.6. The average molecular weight is 298 g/mol. The molecule has 1 atom stereocenters. The van der Waals surface area contributed by atoms with Crippen LogP contribution in [0.1, 0.15) is 47.5 Å². The van der Waals surface area contributed by atoms with Gasteiger partial charge in [-0.2, -0.15) is 0 Å². The van der Waals surface area contributed by atoms with Gasteiger partial charge in [0.1, 0.15) is 0 Å². The van der Waals surface area contributed by atoms with Crippen molar-refractivity contribution in [3.63, 3.8) is 0 Å². The Kier molecular flexibility index (Phi) is 5.35. The van der Waals surface area contributed by atoms with E-state index in [0.717, 1.165) is 46.0 Å². The fourth-order valence-corrected chi connectivity index (χ4v) is 3.41. The molecule has 0 bridgehead atoms. The van der Waals surface area contributed by atoms with E-state index in [1.54, 1.807) is 0 Å². The predicted molar refractivity (Wildman–Crippen MR) is 86.7 cm³/mol. The van der Waals surface area contributed by atoms with Crippen LogP contribution in [0.4, 0.5) is 0 Å². The molecule has 0 aromatic carbocycles. The molecule has 0 spiro atoms. The Hall–Kier alpha value is -0.160. The second-order valence-electron chi connectivity index (χ2n) is 8.58. The largest absolute Gasteiger partial charge is 0.381 e. The molecule has 2 saturated heterocycles. The van der Waals surface area contributed by atoms with Crippen molar-refractivity contribution in [2.75, 3.05) is 46.0 Å². The SMILES string of the molecule is CC(C)(C)NCC1(CN2CCOC(C)(C)C2)CCCOC1. The standard InChI is InChI=1S/C17H34N2O2/c1-15(2,3)18-11-17(7-6-9-20-14-17)13-19-8-10-21-16(4,5)12-19/h18H,6-14H2,1-5H3. The number of morpholine rings is 1. The lowest BCUT2D eigenvalue weighted by atomic mass is 9.80. The Labute approximate surface area is 130 Å². The molecular weight excluding hydrogens is 264 g/mol. The molecule has 0 aliphatic carbocycles. The van der Waals surface area contributed by atoms with E-state index in [9.17, 15) is 0 Å². The highest BCUT2D eigenvalue weighted by Gasteiger charge is 2.38. The number of nitrogens with one attached hydrogen (secondary N) is 1. The Balaban J connectivity index is 1.98. The lowest BCUT2D eigenvalue weighted by molar-refractivity contribution is -0.106. The quantitative estimate of drug-likeness (QED) is 0.863. The molecule has 124 valence electrons. The summed E-state index contributed by atoms with van der Waals surface area (Å²) in [6.07, 6.45) is 2.44. The molecule has 0 saturated carbocycles. The Morgan fingerprint density at radius 2 is 1.95 bits per heavy atom. The number of nitrogens with zero attached hydrogens (tertiary/aromatic N) is 1. The van der Waals surface area contributed by atoms with Crippen LogP contribution in [0.3, 0.4) is 0 Å². The normalized spacial score (nSPS) is 31.3. The van der Waals surface area contributed by atoms with E-state index >= 15 is 0 Å². The minimum absolute atomic E-state index is 0.0214. The molecule has 0 amide bonds. The lowest BCUT2D eigenvalue weighted by Crippen LogP contribution is -2.56. The van der Waals surface area contributed by atoms with Crippen LogP contribution in [0.2, 0.25) is 0 Å². The van der Waals surface area contributed by atoms with Gasteiger partial charge in [0.25, 0.3) is 0 Å². The first kappa shape index (κ1) is 17.2. The van der Waals surface area contributed by atoms with Crippen molar-refractivity contribution >= 4 is 0 Å². The molecule has 0 aromatic heterocycles. The summed E-state index contributed by atoms with van der Waals surface area (Å²) in [6, 6.07) is 0. The van der Waals surface area contributed by atoms with E-state index in [2.05, 4.69) is 44.8 Å². The maximum atomic E-state index is 5.85. The lowest BCUT2D eigenvalue weighted by Gasteiger charge is -2.46. The van der Waals surface area contributed by atoms with Gasteiger partial charge < -0.3 is 14.8 Å². The molecule has 4 nitrogen and oxygen atoms in total. The van der Waals surface area contributed by atoms with Gasteiger partial charge in [-0.05, 0) is 47.5 Å². The first-order valence-electron chi connectivity index (χ1n) is 8.39. The van der Waals surface area contributed by atoms with Crippen molar-refractivity contribution in [1.82, 2.24) is 10.2 Å². The summed E-state index contributed by atoms with van der Waals surface area (Å²) < 4.78 is 11.7. The molecule has 1 N–H and O–H groups in total. The average Bonchev–Trinajstić information content (AvgIpc) is 2.36. The fraction of sp³-hybridized carbons (Fsp3) is 1.00. The molecule has 4 heteroatoms. The highest BCUT2D eigenvalue weighted by atomic mass is 16.5. The van der Waals surface area contributed by atoms with E-state index in [-0.39, 0.29) is 16.6 Å². The third-order valence-electron chi connectivity index (χ3n) is 4.46. The van der Waals surface area contributed by atoms with E-state index in [4.69, 9.17) is 9.47 Å². The van der Waals surface area contributed by atoms with Gasteiger partial charge in [-0.1, -0.05) is 0 Å². The zero-order valence-electron chi connectivity index (χ0n) is 14.6. The van der Waals surface area contributed by atoms with E-state index in [1.807, 2.05) is 0 Å². The van der Waals surface area contributed by atoms with Crippen LogP contribution in [0.25, 0.3) is 0 Å². The smallest absolute Gasteiger partial charge is 0.0753 e. The fourth-order valence-electron chi connectivity index (χ4n) is 3.41. The van der Waals surface area contributed by atoms with Gasteiger partial charge in [0.15, 0.2) is 0 Å². The summed E-state index contributed by atoms with van der Waals surface area (Å²) in [7, 11) is 0. The van der Waals surface area contributed by atoms with Crippen molar-refractivity contribution in [3.05, 3.63) is 0 Å². The van der Waals surface area contributed by atoms with Crippen molar-refractivity contribution < 1.29 is 9.47 Å². The Morgan fingerprint density at radius 3 is 2.52 bits per heavy atom. The number of ether oxygens (including phenoxy) is 2. The summed E-state index contributed by atoms with van der Waals surface area (Å²) in [6.45, 7) is 18.0. The maximum absolute atomic E-state index is 5.85. The minimum Gasteiger partial charge on any atom is -0.381 e. The van der Waals surface area contributed by atoms with Crippen LogP contribution >= 0.6 is 0 Å². The van der Waals surface area contributed by atoms with Gasteiger partial charge in [-0.3, -0.25) is 4.90 Å². The highest BCUT2D eigenvalue weighted by Crippen LogP contribution is 2.31. The van der Waals surface area contributed by atoms with Gasteiger partial charge in [0.05, 0.1) is 18.8 Å². The van der Waals surface area contributed by atoms with E-state index in [1.165, 1.54) is 12.8 Å². The summed E-state index contributed by atoms with van der Waals surface area (Å²) in [5, 5.41) is 3.70. The van der Waals surface area contributed by atoms with Crippen molar-refractivity contribution in [1.29, 1.82) is 0 Å². The number of hydrogen-bond donors (Lipinski definition) is 1. The molecule has 2 aliphatic rings. The first-order valence-corrected chi connectivity index (χ1v) is 8.39. The Bertz CT molecular complexity index is 330. The van der Waals surface area contributed by atoms with Crippen molar-refractivity contribution in [2.45, 2.75) is 58.6 Å². The van der Waals surface area contributed by atoms with Gasteiger partial charge in [-0.15, -0.1) is 0 Å². The van der Waals surface area contributed by atoms with Gasteiger partial charge in [0, 0.05) is 43.7 Å². The number of hydrogen-bond acceptors (Lipinski definition) is 4. The topological polar surface area (TPSA) is 33.7 Å². The predicted octanol–water partition coefficient (Wildman–Crippen LogP) is 2.28. The maximum Gasteiger partial charge on any atom is 0.0753 e. The molecule has 1 unspecified atom stereocenters. The molecule has 2 aliphatic heterocycles. The third kappa shape index (κ3) is 5.51. The first-order chi connectivity index (χ1) is 9.70. The van der Waals surface area contributed by atoms with Crippen LogP contribution in [0.15, 0.2) is 0 Å². The van der Waals surface area contributed by atoms with Gasteiger partial charge in [0.2, 0.25) is 0 Å². The van der Waals surface area contributed by atoms with Crippen molar-refractivity contribution in [3.8, 4) is 0 Å². The van der Waals surface area contributed by atoms with Crippen molar-refractivity contribution in [2.24, 2.45) is 5.41 Å². The molecule has 21 heavy (non-hydrogen) atoms. The summed E-state index contributed by atoms with van der Waals surface area (Å²) in [4.78, 5) is 2.57. The molecule has 0 radical (unpaired) electrons. The monoisotopic (exact) mass is 298 g/mol. The minimum atomic E-state index is -0.0214. The van der Waals surface area contributed by atoms with Crippen LogP contribution in [0.5, 0.6) is 0 Å². The van der Waals surface area contributed by atoms with Crippen LogP contribution in [-0.4, -0.2) is 62.0 Å². The molecule has 2 heterocycles. The molecule has 2 rings (SSSR count). The van der Waals surface area contributed by atoms with Crippen LogP contribution in [-0.2, 0) is 9.47 Å². The van der Waals surface area contributed by atoms with E-state index in [0.29, 0.717) is 0 Å². The summed E-state index contributed by atoms with van der Waals surface area (Å²) >= 11 is 0. The van der Waals surface area contributed by atoms with E-state index < -0.39 is 0 Å². The second-order valence-corrected chi connectivity index (χ2v) is 8.58. The van der Waals surface area contributed by atoms with Gasteiger partial charge in [-0.25, -0.2) is 0 Å². The zero-order valence-corrected chi connectivity index (χ0v) is 14.6. The third-order valence-corrected chi connectivity index (χ3v) is 4.46. The van der Waals surface area contributed by atoms with Gasteiger partial charge >= 0.3 is 0 Å². The Morgan fingerprint density at radius 1 is 1.19 bits per heavy atom. The summed E-state index contributed by atoms with van der Waals surface area (Å²) in [5.41, 5.74) is 0.389. The van der Waals surface area contributed by atoms with Crippen LogP contribution < -0.4 is 5.32 Å². The summed E-state index contributed by atoms with van der Waals surface area (Å²) in [5.74, 6) is 0. The molecule has 0 aromatic rings. The molecule has 2 fully saturated rings. The second kappa shape index (κ2) is 6.53. The van der Waals surface area contributed by atoms with Crippen LogP contribution in [0, 0.1) is 5.41 Å².